The number of aromatic nitrogens is 1. The summed E-state index contributed by atoms with van der Waals surface area (Å²) in [5.74, 6) is 0.857. The van der Waals surface area contributed by atoms with Crippen molar-refractivity contribution in [2.45, 2.75) is 19.4 Å². The van der Waals surface area contributed by atoms with E-state index in [1.807, 2.05) is 11.3 Å². The Hall–Kier alpha value is -1.80. The topological polar surface area (TPSA) is 4.93 Å². The standard InChI is InChI=1S/C18H17NS/c1-2-4-16-12-19(11-15(16)3-1)13-18-10-9-17(20-18)8-7-14-5-6-14/h1-4,7-12,14H,5-6,13H2. The summed E-state index contributed by atoms with van der Waals surface area (Å²) in [6.45, 7) is 0.969. The second-order valence-corrected chi connectivity index (χ2v) is 6.76. The van der Waals surface area contributed by atoms with Crippen molar-refractivity contribution < 1.29 is 0 Å². The Labute approximate surface area is 123 Å². The summed E-state index contributed by atoms with van der Waals surface area (Å²) in [6.07, 6.45) is 11.9. The fraction of sp³-hybridized carbons (Fsp3) is 0.222. The largest absolute Gasteiger partial charge is 0.348 e. The maximum atomic E-state index is 2.36. The Morgan fingerprint density at radius 1 is 1.05 bits per heavy atom. The fourth-order valence-electron chi connectivity index (χ4n) is 2.50. The summed E-state index contributed by atoms with van der Waals surface area (Å²) in [5, 5.41) is 2.64. The minimum Gasteiger partial charge on any atom is -0.348 e. The number of thiophene rings is 1. The van der Waals surface area contributed by atoms with E-state index in [2.05, 4.69) is 65.5 Å². The third-order valence-electron chi connectivity index (χ3n) is 3.78. The second kappa shape index (κ2) is 4.95. The normalized spacial score (nSPS) is 15.4. The molecule has 2 heterocycles. The van der Waals surface area contributed by atoms with E-state index in [-0.39, 0.29) is 0 Å². The highest BCUT2D eigenvalue weighted by atomic mass is 32.1. The first-order valence-corrected chi connectivity index (χ1v) is 8.00. The van der Waals surface area contributed by atoms with Crippen LogP contribution in [-0.4, -0.2) is 4.57 Å². The molecule has 3 aromatic rings. The monoisotopic (exact) mass is 279 g/mol. The van der Waals surface area contributed by atoms with Crippen LogP contribution >= 0.6 is 11.3 Å². The molecule has 1 aromatic carbocycles. The number of rotatable bonds is 4. The molecule has 0 atom stereocenters. The summed E-state index contributed by atoms with van der Waals surface area (Å²) < 4.78 is 2.28. The second-order valence-electron chi connectivity index (χ2n) is 5.56. The van der Waals surface area contributed by atoms with Crippen LogP contribution in [0, 0.1) is 5.92 Å². The highest BCUT2D eigenvalue weighted by Gasteiger charge is 2.17. The van der Waals surface area contributed by atoms with Crippen molar-refractivity contribution in [3.8, 4) is 0 Å². The van der Waals surface area contributed by atoms with Crippen molar-refractivity contribution in [2.24, 2.45) is 5.92 Å². The number of fused-ring (bicyclic) bond motifs is 1. The Balaban J connectivity index is 1.52. The zero-order valence-electron chi connectivity index (χ0n) is 11.3. The summed E-state index contributed by atoms with van der Waals surface area (Å²) in [5.41, 5.74) is 0. The predicted molar refractivity (Wildman–Crippen MR) is 87.1 cm³/mol. The first kappa shape index (κ1) is 12.0. The van der Waals surface area contributed by atoms with Crippen LogP contribution in [0.15, 0.2) is 54.9 Å². The van der Waals surface area contributed by atoms with E-state index >= 15 is 0 Å². The molecule has 2 aromatic heterocycles. The third-order valence-corrected chi connectivity index (χ3v) is 4.82. The van der Waals surface area contributed by atoms with Gasteiger partial charge in [0.1, 0.15) is 0 Å². The van der Waals surface area contributed by atoms with Gasteiger partial charge < -0.3 is 4.57 Å². The average molecular weight is 279 g/mol. The van der Waals surface area contributed by atoms with E-state index in [9.17, 15) is 0 Å². The summed E-state index contributed by atoms with van der Waals surface area (Å²) in [4.78, 5) is 2.80. The molecule has 1 aliphatic carbocycles. The van der Waals surface area contributed by atoms with Gasteiger partial charge in [0, 0.05) is 22.1 Å². The molecule has 20 heavy (non-hydrogen) atoms. The first-order valence-electron chi connectivity index (χ1n) is 7.18. The zero-order chi connectivity index (χ0) is 13.4. The van der Waals surface area contributed by atoms with Gasteiger partial charge in [-0.2, -0.15) is 0 Å². The quantitative estimate of drug-likeness (QED) is 0.620. The van der Waals surface area contributed by atoms with Crippen LogP contribution in [0.1, 0.15) is 22.6 Å². The lowest BCUT2D eigenvalue weighted by Crippen LogP contribution is -1.92. The Morgan fingerprint density at radius 3 is 2.50 bits per heavy atom. The molecular formula is C18H17NS. The van der Waals surface area contributed by atoms with Gasteiger partial charge in [-0.3, -0.25) is 0 Å². The number of nitrogens with zero attached hydrogens (tertiary/aromatic N) is 1. The molecule has 0 bridgehead atoms. The van der Waals surface area contributed by atoms with Gasteiger partial charge in [-0.15, -0.1) is 11.3 Å². The van der Waals surface area contributed by atoms with E-state index in [1.54, 1.807) is 0 Å². The van der Waals surface area contributed by atoms with Gasteiger partial charge in [0.05, 0.1) is 6.54 Å². The van der Waals surface area contributed by atoms with Gasteiger partial charge >= 0.3 is 0 Å². The molecular weight excluding hydrogens is 262 g/mol. The molecule has 0 N–H and O–H groups in total. The van der Waals surface area contributed by atoms with Crippen molar-refractivity contribution in [1.29, 1.82) is 0 Å². The highest BCUT2D eigenvalue weighted by molar-refractivity contribution is 7.12. The number of hydrogen-bond acceptors (Lipinski definition) is 1. The average Bonchev–Trinajstić information content (AvgIpc) is 3.04. The van der Waals surface area contributed by atoms with Gasteiger partial charge in [0.15, 0.2) is 0 Å². The van der Waals surface area contributed by atoms with Crippen molar-refractivity contribution >= 4 is 28.2 Å². The lowest BCUT2D eigenvalue weighted by atomic mass is 10.2. The summed E-state index contributed by atoms with van der Waals surface area (Å²) in [7, 11) is 0. The van der Waals surface area contributed by atoms with Crippen molar-refractivity contribution in [3.63, 3.8) is 0 Å². The zero-order valence-corrected chi connectivity index (χ0v) is 12.1. The molecule has 0 radical (unpaired) electrons. The minimum absolute atomic E-state index is 0.857. The third kappa shape index (κ3) is 2.56. The molecule has 1 nitrogen and oxygen atoms in total. The fourth-order valence-corrected chi connectivity index (χ4v) is 3.44. The summed E-state index contributed by atoms with van der Waals surface area (Å²) >= 11 is 1.90. The first-order chi connectivity index (χ1) is 9.87. The van der Waals surface area contributed by atoms with Gasteiger partial charge in [-0.1, -0.05) is 30.3 Å². The van der Waals surface area contributed by atoms with Crippen LogP contribution in [0.2, 0.25) is 0 Å². The Bertz CT molecular complexity index is 725. The minimum atomic E-state index is 0.857. The molecule has 1 fully saturated rings. The van der Waals surface area contributed by atoms with Gasteiger partial charge in [0.2, 0.25) is 0 Å². The molecule has 1 saturated carbocycles. The van der Waals surface area contributed by atoms with Crippen molar-refractivity contribution in [2.75, 3.05) is 0 Å². The maximum Gasteiger partial charge on any atom is 0.0564 e. The van der Waals surface area contributed by atoms with Crippen LogP contribution < -0.4 is 0 Å². The summed E-state index contributed by atoms with van der Waals surface area (Å²) in [6, 6.07) is 13.0. The van der Waals surface area contributed by atoms with E-state index in [0.717, 1.165) is 12.5 Å². The van der Waals surface area contributed by atoms with Crippen molar-refractivity contribution in [1.82, 2.24) is 4.57 Å². The van der Waals surface area contributed by atoms with E-state index in [1.165, 1.54) is 33.4 Å². The number of allylic oxidation sites excluding steroid dienone is 1. The highest BCUT2D eigenvalue weighted by Crippen LogP contribution is 2.31. The Morgan fingerprint density at radius 2 is 1.80 bits per heavy atom. The smallest absolute Gasteiger partial charge is 0.0564 e. The van der Waals surface area contributed by atoms with E-state index in [0.29, 0.717) is 0 Å². The van der Waals surface area contributed by atoms with Gasteiger partial charge in [0.25, 0.3) is 0 Å². The molecule has 100 valence electrons. The molecule has 0 unspecified atom stereocenters. The van der Waals surface area contributed by atoms with E-state index in [4.69, 9.17) is 0 Å². The number of benzene rings is 1. The van der Waals surface area contributed by atoms with Crippen LogP contribution in [0.3, 0.4) is 0 Å². The lowest BCUT2D eigenvalue weighted by Gasteiger charge is -1.98. The van der Waals surface area contributed by atoms with Gasteiger partial charge in [-0.05, 0) is 47.7 Å². The predicted octanol–water partition coefficient (Wildman–Crippen LogP) is 5.17. The molecule has 4 rings (SSSR count). The molecule has 0 aliphatic heterocycles. The molecule has 1 aliphatic rings. The van der Waals surface area contributed by atoms with Crippen LogP contribution in [-0.2, 0) is 6.54 Å². The maximum absolute atomic E-state index is 2.36. The van der Waals surface area contributed by atoms with E-state index < -0.39 is 0 Å². The Kier molecular flexibility index (Phi) is 2.96. The number of hydrogen-bond donors (Lipinski definition) is 0. The molecule has 2 heteroatoms. The lowest BCUT2D eigenvalue weighted by molar-refractivity contribution is 0.823. The van der Waals surface area contributed by atoms with Crippen molar-refractivity contribution in [3.05, 3.63) is 64.6 Å². The molecule has 0 saturated heterocycles. The molecule has 0 amide bonds. The van der Waals surface area contributed by atoms with Crippen LogP contribution in [0.4, 0.5) is 0 Å². The van der Waals surface area contributed by atoms with Gasteiger partial charge in [-0.25, -0.2) is 0 Å². The SMILES string of the molecule is C(=CC1CC1)c1ccc(Cn2cc3ccccc3c2)s1. The molecule has 0 spiro atoms. The van der Waals surface area contributed by atoms with Crippen LogP contribution in [0.25, 0.3) is 16.8 Å². The van der Waals surface area contributed by atoms with Crippen LogP contribution in [0.5, 0.6) is 0 Å².